The molecular weight excluding hydrogens is 305 g/mol. The smallest absolute Gasteiger partial charge is 0.339 e. The molecule has 0 amide bonds. The van der Waals surface area contributed by atoms with Crippen molar-refractivity contribution in [3.8, 4) is 5.75 Å². The van der Waals surface area contributed by atoms with Gasteiger partial charge in [0.2, 0.25) is 0 Å². The zero-order valence-corrected chi connectivity index (χ0v) is 12.5. The monoisotopic (exact) mass is 317 g/mol. The van der Waals surface area contributed by atoms with Crippen LogP contribution in [0.2, 0.25) is 0 Å². The highest BCUT2D eigenvalue weighted by molar-refractivity contribution is 7.87. The van der Waals surface area contributed by atoms with Crippen LogP contribution in [0.15, 0.2) is 59.6 Å². The average Bonchev–Trinajstić information content (AvgIpc) is 2.50. The summed E-state index contributed by atoms with van der Waals surface area (Å²) in [5.74, 6) is -0.486. The molecule has 1 heterocycles. The van der Waals surface area contributed by atoms with Crippen LogP contribution in [0.3, 0.4) is 0 Å². The molecule has 3 aromatic rings. The lowest BCUT2D eigenvalue weighted by molar-refractivity contribution is 0.486. The summed E-state index contributed by atoms with van der Waals surface area (Å²) in [4.78, 5) is 3.89. The first-order valence-electron chi connectivity index (χ1n) is 6.52. The fourth-order valence-electron chi connectivity index (χ4n) is 2.04. The molecule has 0 saturated heterocycles. The van der Waals surface area contributed by atoms with E-state index < -0.39 is 15.9 Å². The molecule has 0 aliphatic carbocycles. The van der Waals surface area contributed by atoms with Gasteiger partial charge in [-0.05, 0) is 36.8 Å². The molecule has 0 atom stereocenters. The molecule has 0 aliphatic heterocycles. The Morgan fingerprint density at radius 3 is 2.64 bits per heavy atom. The van der Waals surface area contributed by atoms with Crippen LogP contribution in [0.1, 0.15) is 5.56 Å². The second kappa shape index (κ2) is 5.38. The quantitative estimate of drug-likeness (QED) is 0.694. The van der Waals surface area contributed by atoms with Gasteiger partial charge in [0, 0.05) is 11.6 Å². The Kier molecular flexibility index (Phi) is 3.54. The third kappa shape index (κ3) is 2.65. The van der Waals surface area contributed by atoms with Crippen LogP contribution in [0.4, 0.5) is 4.39 Å². The molecule has 112 valence electrons. The van der Waals surface area contributed by atoms with Crippen LogP contribution in [0.5, 0.6) is 5.75 Å². The fourth-order valence-corrected chi connectivity index (χ4v) is 2.99. The largest absolute Gasteiger partial charge is 0.377 e. The van der Waals surface area contributed by atoms with E-state index in [-0.39, 0.29) is 10.6 Å². The molecule has 0 unspecified atom stereocenters. The maximum absolute atomic E-state index is 13.6. The first-order chi connectivity index (χ1) is 10.5. The van der Waals surface area contributed by atoms with E-state index in [4.69, 9.17) is 4.18 Å². The van der Waals surface area contributed by atoms with Gasteiger partial charge in [-0.3, -0.25) is 4.98 Å². The van der Waals surface area contributed by atoms with Gasteiger partial charge in [0.1, 0.15) is 16.2 Å². The summed E-state index contributed by atoms with van der Waals surface area (Å²) in [6.45, 7) is 1.56. The normalized spacial score (nSPS) is 11.5. The van der Waals surface area contributed by atoms with Crippen molar-refractivity contribution in [1.29, 1.82) is 0 Å². The van der Waals surface area contributed by atoms with Gasteiger partial charge in [-0.25, -0.2) is 4.39 Å². The third-order valence-electron chi connectivity index (χ3n) is 3.23. The average molecular weight is 317 g/mol. The van der Waals surface area contributed by atoms with E-state index >= 15 is 0 Å². The summed E-state index contributed by atoms with van der Waals surface area (Å²) in [5, 5.41) is 0.755. The number of nitrogens with zero attached hydrogens (tertiary/aromatic N) is 1. The van der Waals surface area contributed by atoms with E-state index in [0.29, 0.717) is 11.1 Å². The number of rotatable bonds is 3. The predicted molar refractivity (Wildman–Crippen MR) is 80.7 cm³/mol. The van der Waals surface area contributed by atoms with E-state index in [9.17, 15) is 12.8 Å². The standard InChI is InChI=1S/C16H12FNO3S/c1-11-7-8-13(10-14(11)17)22(19,20)21-15-6-2-4-12-5-3-9-18-16(12)15/h2-10H,1H3. The van der Waals surface area contributed by atoms with Crippen molar-refractivity contribution < 1.29 is 17.0 Å². The minimum absolute atomic E-state index is 0.110. The molecular formula is C16H12FNO3S. The first-order valence-corrected chi connectivity index (χ1v) is 7.92. The van der Waals surface area contributed by atoms with E-state index in [1.54, 1.807) is 37.4 Å². The molecule has 0 radical (unpaired) electrons. The molecule has 0 spiro atoms. The Bertz CT molecular complexity index is 949. The molecule has 3 rings (SSSR count). The summed E-state index contributed by atoms with van der Waals surface area (Å²) >= 11 is 0. The number of aryl methyl sites for hydroxylation is 1. The number of aromatic nitrogens is 1. The van der Waals surface area contributed by atoms with Crippen molar-refractivity contribution in [3.63, 3.8) is 0 Å². The number of fused-ring (bicyclic) bond motifs is 1. The number of hydrogen-bond acceptors (Lipinski definition) is 4. The second-order valence-corrected chi connectivity index (χ2v) is 6.33. The number of pyridine rings is 1. The van der Waals surface area contributed by atoms with Crippen LogP contribution in [0, 0.1) is 12.7 Å². The van der Waals surface area contributed by atoms with Crippen molar-refractivity contribution in [2.75, 3.05) is 0 Å². The molecule has 6 heteroatoms. The second-order valence-electron chi connectivity index (χ2n) is 4.78. The molecule has 0 fully saturated rings. The summed E-state index contributed by atoms with van der Waals surface area (Å²) in [5.41, 5.74) is 0.798. The van der Waals surface area contributed by atoms with Crippen molar-refractivity contribution >= 4 is 21.0 Å². The summed E-state index contributed by atoms with van der Waals surface area (Å²) in [6.07, 6.45) is 1.55. The van der Waals surface area contributed by atoms with Gasteiger partial charge < -0.3 is 4.18 Å². The Labute approximate surface area is 127 Å². The van der Waals surface area contributed by atoms with E-state index in [1.165, 1.54) is 18.2 Å². The maximum Gasteiger partial charge on any atom is 0.339 e. The third-order valence-corrected chi connectivity index (χ3v) is 4.46. The van der Waals surface area contributed by atoms with Crippen LogP contribution >= 0.6 is 0 Å². The van der Waals surface area contributed by atoms with Crippen LogP contribution in [-0.2, 0) is 10.1 Å². The highest BCUT2D eigenvalue weighted by Crippen LogP contribution is 2.26. The lowest BCUT2D eigenvalue weighted by Crippen LogP contribution is -2.10. The summed E-state index contributed by atoms with van der Waals surface area (Å²) in [6, 6.07) is 12.2. The number of benzene rings is 2. The van der Waals surface area contributed by atoms with Gasteiger partial charge in [-0.15, -0.1) is 0 Å². The fraction of sp³-hybridized carbons (Fsp3) is 0.0625. The highest BCUT2D eigenvalue weighted by Gasteiger charge is 2.19. The molecule has 0 saturated carbocycles. The van der Waals surface area contributed by atoms with Gasteiger partial charge in [0.05, 0.1) is 0 Å². The van der Waals surface area contributed by atoms with Crippen molar-refractivity contribution in [2.45, 2.75) is 11.8 Å². The molecule has 0 N–H and O–H groups in total. The maximum atomic E-state index is 13.6. The SMILES string of the molecule is Cc1ccc(S(=O)(=O)Oc2cccc3cccnc23)cc1F. The lowest BCUT2D eigenvalue weighted by Gasteiger charge is -2.09. The van der Waals surface area contributed by atoms with Gasteiger partial charge in [-0.1, -0.05) is 24.3 Å². The van der Waals surface area contributed by atoms with Crippen molar-refractivity contribution in [1.82, 2.24) is 4.98 Å². The van der Waals surface area contributed by atoms with Gasteiger partial charge in [0.15, 0.2) is 5.75 Å². The molecule has 22 heavy (non-hydrogen) atoms. The molecule has 0 aliphatic rings. The zero-order chi connectivity index (χ0) is 15.7. The number of halogens is 1. The Hall–Kier alpha value is -2.47. The van der Waals surface area contributed by atoms with Crippen molar-refractivity contribution in [2.24, 2.45) is 0 Å². The molecule has 2 aromatic carbocycles. The Balaban J connectivity index is 2.05. The summed E-state index contributed by atoms with van der Waals surface area (Å²) < 4.78 is 43.3. The number of para-hydroxylation sites is 1. The minimum atomic E-state index is -4.12. The van der Waals surface area contributed by atoms with E-state index in [0.717, 1.165) is 11.5 Å². The molecule has 0 bridgehead atoms. The van der Waals surface area contributed by atoms with E-state index in [1.807, 2.05) is 0 Å². The Morgan fingerprint density at radius 2 is 1.86 bits per heavy atom. The number of hydrogen-bond donors (Lipinski definition) is 0. The van der Waals surface area contributed by atoms with E-state index in [2.05, 4.69) is 4.98 Å². The van der Waals surface area contributed by atoms with Crippen LogP contribution in [-0.4, -0.2) is 13.4 Å². The zero-order valence-electron chi connectivity index (χ0n) is 11.7. The topological polar surface area (TPSA) is 56.3 Å². The Morgan fingerprint density at radius 1 is 1.09 bits per heavy atom. The predicted octanol–water partition coefficient (Wildman–Crippen LogP) is 3.45. The minimum Gasteiger partial charge on any atom is -0.377 e. The van der Waals surface area contributed by atoms with Crippen molar-refractivity contribution in [3.05, 3.63) is 66.1 Å². The van der Waals surface area contributed by atoms with Crippen LogP contribution < -0.4 is 4.18 Å². The first kappa shape index (κ1) is 14.5. The molecule has 4 nitrogen and oxygen atoms in total. The molecule has 1 aromatic heterocycles. The highest BCUT2D eigenvalue weighted by atomic mass is 32.2. The lowest BCUT2D eigenvalue weighted by atomic mass is 10.2. The van der Waals surface area contributed by atoms with Gasteiger partial charge >= 0.3 is 10.1 Å². The summed E-state index contributed by atoms with van der Waals surface area (Å²) in [7, 11) is -4.12. The van der Waals surface area contributed by atoms with Crippen LogP contribution in [0.25, 0.3) is 10.9 Å². The van der Waals surface area contributed by atoms with Gasteiger partial charge in [0.25, 0.3) is 0 Å². The van der Waals surface area contributed by atoms with Gasteiger partial charge in [-0.2, -0.15) is 8.42 Å².